The molecule has 0 bridgehead atoms. The van der Waals surface area contributed by atoms with E-state index in [9.17, 15) is 5.11 Å². The summed E-state index contributed by atoms with van der Waals surface area (Å²) in [6.45, 7) is 1.88. The van der Waals surface area contributed by atoms with E-state index < -0.39 is 0 Å². The molecule has 0 saturated carbocycles. The minimum Gasteiger partial charge on any atom is -0.395 e. The molecule has 21 heavy (non-hydrogen) atoms. The molecule has 1 aromatic heterocycles. The summed E-state index contributed by atoms with van der Waals surface area (Å²) in [6.07, 6.45) is 5.07. The van der Waals surface area contributed by atoms with Crippen LogP contribution in [-0.2, 0) is 12.8 Å². The summed E-state index contributed by atoms with van der Waals surface area (Å²) in [4.78, 5) is 6.80. The minimum atomic E-state index is 0.209. The zero-order valence-corrected chi connectivity index (χ0v) is 12.3. The molecule has 0 saturated heterocycles. The molecule has 0 fully saturated rings. The summed E-state index contributed by atoms with van der Waals surface area (Å²) in [6, 6.07) is 15.2. The van der Waals surface area contributed by atoms with Gasteiger partial charge in [0.25, 0.3) is 0 Å². The summed E-state index contributed by atoms with van der Waals surface area (Å²) >= 11 is 0. The fourth-order valence-corrected chi connectivity index (χ4v) is 3.27. The molecule has 3 rings (SSSR count). The van der Waals surface area contributed by atoms with Crippen LogP contribution in [0.1, 0.15) is 29.3 Å². The van der Waals surface area contributed by atoms with Crippen molar-refractivity contribution in [1.29, 1.82) is 0 Å². The Balaban J connectivity index is 1.70. The van der Waals surface area contributed by atoms with Crippen LogP contribution in [0.4, 0.5) is 0 Å². The number of benzene rings is 1. The van der Waals surface area contributed by atoms with Gasteiger partial charge in [-0.1, -0.05) is 30.3 Å². The molecular weight excluding hydrogens is 260 g/mol. The number of aliphatic hydroxyl groups excluding tert-OH is 1. The van der Waals surface area contributed by atoms with Gasteiger partial charge in [-0.25, -0.2) is 0 Å². The molecule has 0 amide bonds. The van der Waals surface area contributed by atoms with Crippen molar-refractivity contribution in [1.82, 2.24) is 9.88 Å². The van der Waals surface area contributed by atoms with Crippen LogP contribution >= 0.6 is 0 Å². The van der Waals surface area contributed by atoms with Gasteiger partial charge in [0.15, 0.2) is 0 Å². The lowest BCUT2D eigenvalue weighted by Crippen LogP contribution is -2.32. The highest BCUT2D eigenvalue weighted by Crippen LogP contribution is 2.35. The number of aryl methyl sites for hydroxylation is 1. The molecule has 1 unspecified atom stereocenters. The fourth-order valence-electron chi connectivity index (χ4n) is 3.27. The Kier molecular flexibility index (Phi) is 4.63. The van der Waals surface area contributed by atoms with E-state index in [1.165, 1.54) is 11.1 Å². The summed E-state index contributed by atoms with van der Waals surface area (Å²) in [5.41, 5.74) is 4.02. The fraction of sp³-hybridized carbons (Fsp3) is 0.389. The topological polar surface area (TPSA) is 36.4 Å². The summed E-state index contributed by atoms with van der Waals surface area (Å²) in [7, 11) is 0. The first-order chi connectivity index (χ1) is 10.4. The molecule has 1 atom stereocenters. The highest BCUT2D eigenvalue weighted by atomic mass is 16.3. The summed E-state index contributed by atoms with van der Waals surface area (Å²) in [5.74, 6) is 0. The third-order valence-corrected chi connectivity index (χ3v) is 4.31. The summed E-state index contributed by atoms with van der Waals surface area (Å²) in [5, 5.41) is 9.38. The smallest absolute Gasteiger partial charge is 0.0558 e. The molecule has 2 aromatic rings. The molecule has 1 aliphatic carbocycles. The molecule has 3 nitrogen and oxygen atoms in total. The Bertz CT molecular complexity index is 570. The monoisotopic (exact) mass is 282 g/mol. The molecule has 0 radical (unpaired) electrons. The Labute approximate surface area is 126 Å². The first-order valence-electron chi connectivity index (χ1n) is 7.71. The Hall–Kier alpha value is -1.71. The quantitative estimate of drug-likeness (QED) is 0.885. The normalized spacial score (nSPS) is 17.1. The van der Waals surface area contributed by atoms with Crippen molar-refractivity contribution in [3.63, 3.8) is 0 Å². The highest BCUT2D eigenvalue weighted by Gasteiger charge is 2.27. The lowest BCUT2D eigenvalue weighted by Gasteiger charge is -2.29. The van der Waals surface area contributed by atoms with Crippen LogP contribution in [0, 0.1) is 0 Å². The molecule has 1 aromatic carbocycles. The maximum atomic E-state index is 9.38. The van der Waals surface area contributed by atoms with Crippen LogP contribution in [0.25, 0.3) is 0 Å². The zero-order valence-electron chi connectivity index (χ0n) is 12.3. The number of fused-ring (bicyclic) bond motifs is 1. The minimum absolute atomic E-state index is 0.209. The maximum absolute atomic E-state index is 9.38. The Morgan fingerprint density at radius 1 is 1.10 bits per heavy atom. The Morgan fingerprint density at radius 3 is 2.76 bits per heavy atom. The number of aromatic nitrogens is 1. The van der Waals surface area contributed by atoms with E-state index in [1.54, 1.807) is 0 Å². The van der Waals surface area contributed by atoms with Crippen molar-refractivity contribution in [3.05, 3.63) is 65.5 Å². The van der Waals surface area contributed by atoms with Crippen molar-refractivity contribution >= 4 is 0 Å². The van der Waals surface area contributed by atoms with E-state index in [-0.39, 0.29) is 6.61 Å². The van der Waals surface area contributed by atoms with E-state index in [2.05, 4.69) is 40.2 Å². The van der Waals surface area contributed by atoms with E-state index >= 15 is 0 Å². The molecule has 0 spiro atoms. The average molecular weight is 282 g/mol. The number of hydrogen-bond donors (Lipinski definition) is 1. The van der Waals surface area contributed by atoms with E-state index in [0.717, 1.165) is 38.0 Å². The zero-order chi connectivity index (χ0) is 14.5. The molecule has 0 aliphatic heterocycles. The van der Waals surface area contributed by atoms with Crippen LogP contribution < -0.4 is 0 Å². The molecule has 1 heterocycles. The third-order valence-electron chi connectivity index (χ3n) is 4.31. The average Bonchev–Trinajstić information content (AvgIpc) is 2.96. The van der Waals surface area contributed by atoms with Crippen molar-refractivity contribution in [2.24, 2.45) is 0 Å². The number of pyridine rings is 1. The van der Waals surface area contributed by atoms with Gasteiger partial charge in [0, 0.05) is 37.4 Å². The molecule has 3 heteroatoms. The van der Waals surface area contributed by atoms with Crippen molar-refractivity contribution in [2.45, 2.75) is 25.3 Å². The standard InChI is InChI=1S/C18H22N2O/c21-14-13-20(12-10-16-6-3-4-11-19-16)18-9-8-15-5-1-2-7-17(15)18/h1-7,11,18,21H,8-10,12-14H2. The summed E-state index contributed by atoms with van der Waals surface area (Å²) < 4.78 is 0. The van der Waals surface area contributed by atoms with Gasteiger partial charge in [-0.05, 0) is 36.1 Å². The van der Waals surface area contributed by atoms with Gasteiger partial charge >= 0.3 is 0 Å². The Morgan fingerprint density at radius 2 is 1.95 bits per heavy atom. The highest BCUT2D eigenvalue weighted by molar-refractivity contribution is 5.34. The lowest BCUT2D eigenvalue weighted by atomic mass is 10.1. The van der Waals surface area contributed by atoms with Gasteiger partial charge < -0.3 is 5.11 Å². The van der Waals surface area contributed by atoms with E-state index in [0.29, 0.717) is 6.04 Å². The van der Waals surface area contributed by atoms with Crippen LogP contribution in [-0.4, -0.2) is 34.7 Å². The van der Waals surface area contributed by atoms with Crippen molar-refractivity contribution < 1.29 is 5.11 Å². The number of aliphatic hydroxyl groups is 1. The second-order valence-electron chi connectivity index (χ2n) is 5.58. The largest absolute Gasteiger partial charge is 0.395 e. The second kappa shape index (κ2) is 6.83. The van der Waals surface area contributed by atoms with Crippen molar-refractivity contribution in [2.75, 3.05) is 19.7 Å². The SMILES string of the molecule is OCCN(CCc1ccccn1)C1CCc2ccccc21. The van der Waals surface area contributed by atoms with E-state index in [1.807, 2.05) is 18.3 Å². The van der Waals surface area contributed by atoms with Crippen LogP contribution in [0.15, 0.2) is 48.7 Å². The van der Waals surface area contributed by atoms with Gasteiger partial charge in [-0.15, -0.1) is 0 Å². The number of nitrogens with zero attached hydrogens (tertiary/aromatic N) is 2. The third kappa shape index (κ3) is 3.31. The van der Waals surface area contributed by atoms with Gasteiger partial charge in [0.1, 0.15) is 0 Å². The predicted octanol–water partition coefficient (Wildman–Crippen LogP) is 2.61. The van der Waals surface area contributed by atoms with Crippen LogP contribution in [0.3, 0.4) is 0 Å². The second-order valence-corrected chi connectivity index (χ2v) is 5.58. The van der Waals surface area contributed by atoms with Crippen molar-refractivity contribution in [3.8, 4) is 0 Å². The van der Waals surface area contributed by atoms with Gasteiger partial charge in [0.2, 0.25) is 0 Å². The molecule has 1 aliphatic rings. The van der Waals surface area contributed by atoms with Gasteiger partial charge in [0.05, 0.1) is 6.61 Å². The first kappa shape index (κ1) is 14.2. The number of rotatable bonds is 6. The van der Waals surface area contributed by atoms with E-state index in [4.69, 9.17) is 0 Å². The predicted molar refractivity (Wildman–Crippen MR) is 84.1 cm³/mol. The molecular formula is C18H22N2O. The molecule has 1 N–H and O–H groups in total. The number of hydrogen-bond acceptors (Lipinski definition) is 3. The van der Waals surface area contributed by atoms with Crippen LogP contribution in [0.2, 0.25) is 0 Å². The lowest BCUT2D eigenvalue weighted by molar-refractivity contribution is 0.151. The maximum Gasteiger partial charge on any atom is 0.0558 e. The molecule has 110 valence electrons. The van der Waals surface area contributed by atoms with Crippen LogP contribution in [0.5, 0.6) is 0 Å². The van der Waals surface area contributed by atoms with Gasteiger partial charge in [-0.2, -0.15) is 0 Å². The van der Waals surface area contributed by atoms with Gasteiger partial charge in [-0.3, -0.25) is 9.88 Å². The first-order valence-corrected chi connectivity index (χ1v) is 7.71.